The third-order valence-electron chi connectivity index (χ3n) is 4.10. The van der Waals surface area contributed by atoms with Crippen molar-refractivity contribution in [2.75, 3.05) is 32.9 Å². The lowest BCUT2D eigenvalue weighted by Crippen LogP contribution is -2.37. The van der Waals surface area contributed by atoms with Crippen LogP contribution in [0.5, 0.6) is 0 Å². The Morgan fingerprint density at radius 1 is 1.30 bits per heavy atom. The zero-order chi connectivity index (χ0) is 14.2. The smallest absolute Gasteiger partial charge is 0.410 e. The molecule has 0 radical (unpaired) electrons. The Labute approximate surface area is 124 Å². The number of likely N-dealkylation sites (tertiary alicyclic amines) is 1. The van der Waals surface area contributed by atoms with Gasteiger partial charge in [-0.05, 0) is 24.0 Å². The van der Waals surface area contributed by atoms with E-state index < -0.39 is 0 Å². The molecule has 20 heavy (non-hydrogen) atoms. The zero-order valence-electron chi connectivity index (χ0n) is 12.0. The molecule has 3 rings (SSSR count). The van der Waals surface area contributed by atoms with Gasteiger partial charge >= 0.3 is 6.09 Å². The van der Waals surface area contributed by atoms with Crippen molar-refractivity contribution >= 4 is 17.9 Å². The van der Waals surface area contributed by atoms with Crippen molar-refractivity contribution < 1.29 is 9.53 Å². The van der Waals surface area contributed by atoms with Gasteiger partial charge < -0.3 is 9.64 Å². The molecule has 0 aromatic heterocycles. The molecule has 4 nitrogen and oxygen atoms in total. The highest BCUT2D eigenvalue weighted by Gasteiger charge is 2.48. The van der Waals surface area contributed by atoms with E-state index in [1.54, 1.807) is 23.7 Å². The molecule has 1 spiro atoms. The highest BCUT2D eigenvalue weighted by atomic mass is 32.2. The standard InChI is InChI=1S/C15H20N2O2S/c1-16-10-15(19-14(16)18)7-8-17(11-15)9-12-3-5-13(20-2)6-4-12/h3-6H,7-11H2,1-2H3. The van der Waals surface area contributed by atoms with Crippen molar-refractivity contribution in [3.8, 4) is 0 Å². The van der Waals surface area contributed by atoms with Crippen molar-refractivity contribution in [2.45, 2.75) is 23.5 Å². The molecule has 1 unspecified atom stereocenters. The van der Waals surface area contributed by atoms with Gasteiger partial charge in [0.25, 0.3) is 0 Å². The van der Waals surface area contributed by atoms with Crippen LogP contribution in [0.3, 0.4) is 0 Å². The van der Waals surface area contributed by atoms with Crippen LogP contribution in [0.25, 0.3) is 0 Å². The summed E-state index contributed by atoms with van der Waals surface area (Å²) in [6, 6.07) is 8.69. The highest BCUT2D eigenvalue weighted by Crippen LogP contribution is 2.32. The Balaban J connectivity index is 1.61. The first-order valence-corrected chi connectivity index (χ1v) is 8.12. The zero-order valence-corrected chi connectivity index (χ0v) is 12.8. The molecule has 1 atom stereocenters. The van der Waals surface area contributed by atoms with E-state index in [0.717, 1.165) is 26.1 Å². The third-order valence-corrected chi connectivity index (χ3v) is 4.85. The Bertz CT molecular complexity index is 505. The Morgan fingerprint density at radius 2 is 2.05 bits per heavy atom. The molecule has 1 aromatic carbocycles. The molecule has 2 aliphatic rings. The van der Waals surface area contributed by atoms with Crippen LogP contribution in [0.4, 0.5) is 4.79 Å². The molecule has 2 fully saturated rings. The van der Waals surface area contributed by atoms with E-state index in [-0.39, 0.29) is 11.7 Å². The summed E-state index contributed by atoms with van der Waals surface area (Å²) in [5, 5.41) is 0. The van der Waals surface area contributed by atoms with Crippen LogP contribution in [0.1, 0.15) is 12.0 Å². The number of rotatable bonds is 3. The predicted molar refractivity (Wildman–Crippen MR) is 80.0 cm³/mol. The predicted octanol–water partition coefficient (Wildman–Crippen LogP) is 2.44. The van der Waals surface area contributed by atoms with E-state index in [4.69, 9.17) is 4.74 Å². The number of amides is 1. The topological polar surface area (TPSA) is 32.8 Å². The Morgan fingerprint density at radius 3 is 2.65 bits per heavy atom. The average molecular weight is 292 g/mol. The molecule has 0 aliphatic carbocycles. The first-order chi connectivity index (χ1) is 9.60. The minimum absolute atomic E-state index is 0.184. The minimum Gasteiger partial charge on any atom is -0.439 e. The van der Waals surface area contributed by atoms with Crippen molar-refractivity contribution in [3.05, 3.63) is 29.8 Å². The van der Waals surface area contributed by atoms with Crippen LogP contribution in [0.15, 0.2) is 29.2 Å². The van der Waals surface area contributed by atoms with E-state index in [1.165, 1.54) is 10.5 Å². The van der Waals surface area contributed by atoms with Crippen molar-refractivity contribution in [1.82, 2.24) is 9.80 Å². The number of carbonyl (C=O) groups excluding carboxylic acids is 1. The number of likely N-dealkylation sites (N-methyl/N-ethyl adjacent to an activating group) is 1. The number of carbonyl (C=O) groups is 1. The van der Waals surface area contributed by atoms with Gasteiger partial charge in [-0.1, -0.05) is 12.1 Å². The first kappa shape index (κ1) is 13.8. The van der Waals surface area contributed by atoms with Crippen LogP contribution in [-0.2, 0) is 11.3 Å². The second-order valence-electron chi connectivity index (χ2n) is 5.72. The molecule has 0 saturated carbocycles. The third kappa shape index (κ3) is 2.65. The number of benzene rings is 1. The molecule has 1 amide bonds. The maximum atomic E-state index is 11.6. The van der Waals surface area contributed by atoms with Gasteiger partial charge in [0.2, 0.25) is 0 Å². The van der Waals surface area contributed by atoms with Gasteiger partial charge in [0.15, 0.2) is 0 Å². The van der Waals surface area contributed by atoms with E-state index in [9.17, 15) is 4.79 Å². The molecule has 1 aromatic rings. The highest BCUT2D eigenvalue weighted by molar-refractivity contribution is 7.98. The summed E-state index contributed by atoms with van der Waals surface area (Å²) in [6.45, 7) is 3.48. The van der Waals surface area contributed by atoms with Crippen LogP contribution in [0, 0.1) is 0 Å². The van der Waals surface area contributed by atoms with E-state index in [0.29, 0.717) is 6.54 Å². The largest absolute Gasteiger partial charge is 0.439 e. The van der Waals surface area contributed by atoms with Crippen LogP contribution < -0.4 is 0 Å². The fourth-order valence-corrected chi connectivity index (χ4v) is 3.46. The molecular formula is C15H20N2O2S. The maximum Gasteiger partial charge on any atom is 0.410 e. The van der Waals surface area contributed by atoms with Crippen LogP contribution in [0.2, 0.25) is 0 Å². The molecule has 2 saturated heterocycles. The molecule has 2 heterocycles. The van der Waals surface area contributed by atoms with Crippen molar-refractivity contribution in [2.24, 2.45) is 0 Å². The van der Waals surface area contributed by atoms with Gasteiger partial charge in [0, 0.05) is 38.0 Å². The van der Waals surface area contributed by atoms with Gasteiger partial charge in [-0.25, -0.2) is 4.79 Å². The summed E-state index contributed by atoms with van der Waals surface area (Å²) in [5.41, 5.74) is 1.04. The average Bonchev–Trinajstić information content (AvgIpc) is 2.94. The second kappa shape index (κ2) is 5.30. The lowest BCUT2D eigenvalue weighted by molar-refractivity contribution is 0.0627. The lowest BCUT2D eigenvalue weighted by Gasteiger charge is -2.21. The van der Waals surface area contributed by atoms with Gasteiger partial charge in [-0.15, -0.1) is 11.8 Å². The summed E-state index contributed by atoms with van der Waals surface area (Å²) in [5.74, 6) is 0. The molecule has 0 N–H and O–H groups in total. The Kier molecular flexibility index (Phi) is 3.65. The van der Waals surface area contributed by atoms with E-state index in [2.05, 4.69) is 35.4 Å². The quantitative estimate of drug-likeness (QED) is 0.801. The van der Waals surface area contributed by atoms with E-state index in [1.807, 2.05) is 0 Å². The lowest BCUT2D eigenvalue weighted by atomic mass is 10.0. The molecule has 2 aliphatic heterocycles. The monoisotopic (exact) mass is 292 g/mol. The first-order valence-electron chi connectivity index (χ1n) is 6.90. The summed E-state index contributed by atoms with van der Waals surface area (Å²) in [7, 11) is 1.81. The van der Waals surface area contributed by atoms with Gasteiger partial charge in [0.1, 0.15) is 5.60 Å². The molecule has 5 heteroatoms. The number of ether oxygens (including phenoxy) is 1. The van der Waals surface area contributed by atoms with E-state index >= 15 is 0 Å². The fourth-order valence-electron chi connectivity index (χ4n) is 3.06. The number of thioether (sulfide) groups is 1. The van der Waals surface area contributed by atoms with Crippen LogP contribution >= 0.6 is 11.8 Å². The minimum atomic E-state index is -0.273. The van der Waals surface area contributed by atoms with Crippen molar-refractivity contribution in [3.63, 3.8) is 0 Å². The summed E-state index contributed by atoms with van der Waals surface area (Å²) < 4.78 is 5.57. The van der Waals surface area contributed by atoms with Crippen molar-refractivity contribution in [1.29, 1.82) is 0 Å². The Hall–Kier alpha value is -1.20. The number of hydrogen-bond donors (Lipinski definition) is 0. The van der Waals surface area contributed by atoms with Gasteiger partial charge in [-0.2, -0.15) is 0 Å². The number of hydrogen-bond acceptors (Lipinski definition) is 4. The SMILES string of the molecule is CSc1ccc(CN2CCC3(C2)CN(C)C(=O)O3)cc1. The fraction of sp³-hybridized carbons (Fsp3) is 0.533. The maximum absolute atomic E-state index is 11.6. The molecule has 108 valence electrons. The summed E-state index contributed by atoms with van der Waals surface area (Å²) in [4.78, 5) is 16.9. The summed E-state index contributed by atoms with van der Waals surface area (Å²) >= 11 is 1.76. The molecule has 0 bridgehead atoms. The van der Waals surface area contributed by atoms with Gasteiger partial charge in [0.05, 0.1) is 6.54 Å². The second-order valence-corrected chi connectivity index (χ2v) is 6.60. The number of nitrogens with zero attached hydrogens (tertiary/aromatic N) is 2. The normalized spacial score (nSPS) is 26.5. The van der Waals surface area contributed by atoms with Gasteiger partial charge in [-0.3, -0.25) is 4.90 Å². The van der Waals surface area contributed by atoms with Crippen LogP contribution in [-0.4, -0.2) is 54.4 Å². The molecular weight excluding hydrogens is 272 g/mol. The summed E-state index contributed by atoms with van der Waals surface area (Å²) in [6.07, 6.45) is 2.84.